The Bertz CT molecular complexity index is 76.6. The molecule has 0 amide bonds. The fourth-order valence-electron chi connectivity index (χ4n) is 1.02. The van der Waals surface area contributed by atoms with E-state index in [0.29, 0.717) is 0 Å². The van der Waals surface area contributed by atoms with Gasteiger partial charge in [0.25, 0.3) is 0 Å². The molecular weight excluding hydrogens is 270 g/mol. The van der Waals surface area contributed by atoms with E-state index in [4.69, 9.17) is 0 Å². The van der Waals surface area contributed by atoms with Crippen LogP contribution < -0.4 is 0 Å². The predicted octanol–water partition coefficient (Wildman–Crippen LogP) is 0.779. The van der Waals surface area contributed by atoms with E-state index in [-0.39, 0.29) is 0 Å². The van der Waals surface area contributed by atoms with Crippen LogP contribution in [0.4, 0.5) is 0 Å². The molecule has 0 spiro atoms. The van der Waals surface area contributed by atoms with Crippen molar-refractivity contribution in [2.75, 3.05) is 13.1 Å². The zero-order valence-electron chi connectivity index (χ0n) is 4.97. The van der Waals surface area contributed by atoms with Gasteiger partial charge in [-0.1, -0.05) is 0 Å². The molecule has 0 unspecified atom stereocenters. The van der Waals surface area contributed by atoms with Gasteiger partial charge in [-0.25, -0.2) is 0 Å². The van der Waals surface area contributed by atoms with Crippen LogP contribution in [0.2, 0.25) is 0 Å². The summed E-state index contributed by atoms with van der Waals surface area (Å²) in [6.45, 7) is 2.62. The summed E-state index contributed by atoms with van der Waals surface area (Å²) in [5.74, 6) is 0. The third kappa shape index (κ3) is 1.79. The van der Waals surface area contributed by atoms with Gasteiger partial charge < -0.3 is 0 Å². The second-order valence-corrected chi connectivity index (χ2v) is 2.96. The van der Waals surface area contributed by atoms with Gasteiger partial charge in [0.2, 0.25) is 0 Å². The molecule has 0 aliphatic carbocycles. The molecule has 0 bridgehead atoms. The van der Waals surface area contributed by atoms with Gasteiger partial charge in [-0.05, 0) is 0 Å². The number of likely N-dealkylation sites (tertiary alicyclic amines) is 1. The van der Waals surface area contributed by atoms with Crippen molar-refractivity contribution in [3.05, 3.63) is 0 Å². The Morgan fingerprint density at radius 2 is 1.75 bits per heavy atom. The van der Waals surface area contributed by atoms with Crippen molar-refractivity contribution >= 4 is 4.52 Å². The molecule has 46 valence electrons. The van der Waals surface area contributed by atoms with E-state index in [1.54, 1.807) is 19.4 Å². The molecule has 2 heteroatoms. The first-order valence-electron chi connectivity index (χ1n) is 3.13. The van der Waals surface area contributed by atoms with Gasteiger partial charge in [-0.15, -0.1) is 0 Å². The average Bonchev–Trinajstić information content (AvgIpc) is 1.90. The fourth-order valence-corrected chi connectivity index (χ4v) is 1.78. The molecule has 0 atom stereocenters. The molecule has 1 aliphatic rings. The van der Waals surface area contributed by atoms with Gasteiger partial charge >= 0.3 is 61.1 Å². The predicted molar refractivity (Wildman–Crippen MR) is 31.5 cm³/mol. The molecule has 0 aromatic carbocycles. The summed E-state index contributed by atoms with van der Waals surface area (Å²) in [6.07, 6.45) is 4.26. The van der Waals surface area contributed by atoms with Crippen molar-refractivity contribution in [3.8, 4) is 0 Å². The summed E-state index contributed by atoms with van der Waals surface area (Å²) in [4.78, 5) is 2.43. The summed E-state index contributed by atoms with van der Waals surface area (Å²) >= 11 is 1.59. The monoisotopic (exact) mass is 281 g/mol. The van der Waals surface area contributed by atoms with Crippen molar-refractivity contribution in [2.24, 2.45) is 0 Å². The van der Waals surface area contributed by atoms with Gasteiger partial charge in [0, 0.05) is 0 Å². The number of rotatable bonds is 1. The van der Waals surface area contributed by atoms with Gasteiger partial charge in [0.1, 0.15) is 0 Å². The van der Waals surface area contributed by atoms with E-state index in [1.165, 1.54) is 32.4 Å². The molecule has 8 heavy (non-hydrogen) atoms. The van der Waals surface area contributed by atoms with Crippen LogP contribution in [0.25, 0.3) is 0 Å². The molecule has 0 radical (unpaired) electrons. The van der Waals surface area contributed by atoms with Gasteiger partial charge in [-0.3, -0.25) is 0 Å². The van der Waals surface area contributed by atoms with Crippen molar-refractivity contribution in [1.29, 1.82) is 0 Å². The summed E-state index contributed by atoms with van der Waals surface area (Å²) in [5, 5.41) is 0. The second kappa shape index (κ2) is 3.53. The van der Waals surface area contributed by atoms with E-state index in [1.807, 2.05) is 0 Å². The molecule has 0 N–H and O–H groups in total. The second-order valence-electron chi connectivity index (χ2n) is 2.20. The topological polar surface area (TPSA) is 3.24 Å². The Hall–Kier alpha value is 0.518. The van der Waals surface area contributed by atoms with Crippen LogP contribution in [-0.4, -0.2) is 22.5 Å². The summed E-state index contributed by atoms with van der Waals surface area (Å²) in [6, 6.07) is 0. The molecule has 1 nitrogen and oxygen atoms in total. The zero-order valence-corrected chi connectivity index (χ0v) is 7.90. The van der Waals surface area contributed by atoms with Crippen molar-refractivity contribution < 1.29 is 19.4 Å². The summed E-state index contributed by atoms with van der Waals surface area (Å²) in [5.41, 5.74) is 0. The van der Waals surface area contributed by atoms with Crippen LogP contribution in [0.5, 0.6) is 0 Å². The van der Waals surface area contributed by atoms with Crippen LogP contribution in [0.3, 0.4) is 0 Å². The first-order chi connectivity index (χ1) is 3.93. The molecule has 1 fully saturated rings. The maximum absolute atomic E-state index is 2.43. The van der Waals surface area contributed by atoms with Crippen molar-refractivity contribution in [1.82, 2.24) is 4.90 Å². The summed E-state index contributed by atoms with van der Waals surface area (Å²) in [7, 11) is 0. The average molecular weight is 281 g/mol. The van der Waals surface area contributed by atoms with Gasteiger partial charge in [0.05, 0.1) is 0 Å². The number of piperidine rings is 1. The third-order valence-electron chi connectivity index (χ3n) is 1.54. The number of hydrogen-bond acceptors (Lipinski definition) is 1. The number of nitrogens with zero attached hydrogens (tertiary/aromatic N) is 1. The molecule has 0 aromatic rings. The molecule has 0 aromatic heterocycles. The Morgan fingerprint density at radius 3 is 2.12 bits per heavy atom. The molecule has 1 heterocycles. The van der Waals surface area contributed by atoms with Crippen molar-refractivity contribution in [2.45, 2.75) is 19.3 Å². The molecule has 1 rings (SSSR count). The quantitative estimate of drug-likeness (QED) is 0.686. The van der Waals surface area contributed by atoms with E-state index in [2.05, 4.69) is 9.42 Å². The molecule has 1 aliphatic heterocycles. The van der Waals surface area contributed by atoms with E-state index >= 15 is 0 Å². The Balaban J connectivity index is 2.22. The van der Waals surface area contributed by atoms with E-state index in [0.717, 1.165) is 0 Å². The Morgan fingerprint density at radius 1 is 1.12 bits per heavy atom. The van der Waals surface area contributed by atoms with Crippen LogP contribution in [0.1, 0.15) is 19.3 Å². The minimum atomic E-state index is 1.31. The molecular formula is C6H11NW. The first kappa shape index (κ1) is 6.64. The third-order valence-corrected chi connectivity index (χ3v) is 2.61. The molecule has 1 saturated heterocycles. The van der Waals surface area contributed by atoms with Crippen LogP contribution in [-0.2, 0) is 19.4 Å². The zero-order chi connectivity index (χ0) is 5.82. The molecule has 0 saturated carbocycles. The Kier molecular flexibility index (Phi) is 2.92. The number of hydrogen-bond donors (Lipinski definition) is 0. The normalized spacial score (nSPS) is 23.0. The van der Waals surface area contributed by atoms with E-state index in [9.17, 15) is 0 Å². The first-order valence-corrected chi connectivity index (χ1v) is 4.82. The van der Waals surface area contributed by atoms with Gasteiger partial charge in [-0.2, -0.15) is 0 Å². The van der Waals surface area contributed by atoms with E-state index < -0.39 is 0 Å². The maximum atomic E-state index is 2.43. The standard InChI is InChI=1S/C6H11N.W/c1-7-5-3-2-4-6-7;/h1H,2-6H2;. The summed E-state index contributed by atoms with van der Waals surface area (Å²) < 4.78 is 2.28. The fraction of sp³-hybridized carbons (Fsp3) is 0.833. The SMILES string of the molecule is [W]=[CH]N1CCCCC1. The van der Waals surface area contributed by atoms with Crippen LogP contribution in [0.15, 0.2) is 0 Å². The minimum absolute atomic E-state index is 1.31. The van der Waals surface area contributed by atoms with Crippen LogP contribution in [0, 0.1) is 0 Å². The van der Waals surface area contributed by atoms with Crippen LogP contribution >= 0.6 is 0 Å². The van der Waals surface area contributed by atoms with Crippen molar-refractivity contribution in [3.63, 3.8) is 0 Å². The van der Waals surface area contributed by atoms with Gasteiger partial charge in [0.15, 0.2) is 0 Å². The Labute approximate surface area is 61.5 Å².